The van der Waals surface area contributed by atoms with E-state index >= 15 is 0 Å². The van der Waals surface area contributed by atoms with Crippen molar-refractivity contribution in [1.29, 1.82) is 0 Å². The summed E-state index contributed by atoms with van der Waals surface area (Å²) in [6.45, 7) is 8.67. The van der Waals surface area contributed by atoms with Gasteiger partial charge in [-0.2, -0.15) is 15.0 Å². The molecule has 0 fully saturated rings. The lowest BCUT2D eigenvalue weighted by Crippen LogP contribution is -2.42. The molecule has 2 heterocycles. The first-order chi connectivity index (χ1) is 11.6. The first-order valence-corrected chi connectivity index (χ1v) is 8.64. The lowest BCUT2D eigenvalue weighted by molar-refractivity contribution is 0.191. The fourth-order valence-electron chi connectivity index (χ4n) is 3.04. The van der Waals surface area contributed by atoms with E-state index in [0.29, 0.717) is 13.1 Å². The largest absolute Gasteiger partial charge is 0.332 e. The predicted molar refractivity (Wildman–Crippen MR) is 92.6 cm³/mol. The van der Waals surface area contributed by atoms with Gasteiger partial charge >= 0.3 is 6.03 Å². The summed E-state index contributed by atoms with van der Waals surface area (Å²) < 4.78 is 0. The number of nitrogens with zero attached hydrogens (tertiary/aromatic N) is 4. The summed E-state index contributed by atoms with van der Waals surface area (Å²) in [5, 5.41) is 11.7. The van der Waals surface area contributed by atoms with Crippen LogP contribution in [0.1, 0.15) is 41.9 Å². The number of aromatic nitrogens is 3. The number of urea groups is 1. The highest BCUT2D eigenvalue weighted by atomic mass is 16.2. The van der Waals surface area contributed by atoms with Crippen molar-refractivity contribution in [2.75, 3.05) is 6.54 Å². The molecule has 0 bridgehead atoms. The van der Waals surface area contributed by atoms with Gasteiger partial charge < -0.3 is 10.2 Å². The second-order valence-electron chi connectivity index (χ2n) is 6.21. The number of hydrogen-bond acceptors (Lipinski definition) is 3. The van der Waals surface area contributed by atoms with Crippen LogP contribution in [-0.2, 0) is 32.5 Å². The first-order valence-electron chi connectivity index (χ1n) is 8.64. The molecule has 0 unspecified atom stereocenters. The summed E-state index contributed by atoms with van der Waals surface area (Å²) in [5.74, 6) is 0. The summed E-state index contributed by atoms with van der Waals surface area (Å²) >= 11 is 0. The van der Waals surface area contributed by atoms with Crippen LogP contribution in [-0.4, -0.2) is 32.5 Å². The SMILES string of the molecule is CCc1ccc2c(c1)CCN(C(=O)NCc1nn(CC)nc1C)C2. The third-order valence-electron chi connectivity index (χ3n) is 4.59. The molecule has 128 valence electrons. The maximum Gasteiger partial charge on any atom is 0.318 e. The van der Waals surface area contributed by atoms with Crippen LogP contribution in [0.25, 0.3) is 0 Å². The summed E-state index contributed by atoms with van der Waals surface area (Å²) in [6, 6.07) is 6.56. The molecule has 0 saturated heterocycles. The van der Waals surface area contributed by atoms with Crippen LogP contribution in [0.15, 0.2) is 18.2 Å². The Morgan fingerprint density at radius 3 is 2.79 bits per heavy atom. The number of aryl methyl sites for hydroxylation is 3. The predicted octanol–water partition coefficient (Wildman–Crippen LogP) is 2.44. The summed E-state index contributed by atoms with van der Waals surface area (Å²) in [6.07, 6.45) is 1.97. The molecule has 0 aliphatic carbocycles. The van der Waals surface area contributed by atoms with Gasteiger partial charge in [0, 0.05) is 13.1 Å². The number of benzene rings is 1. The maximum absolute atomic E-state index is 12.5. The molecule has 0 atom stereocenters. The quantitative estimate of drug-likeness (QED) is 0.938. The van der Waals surface area contributed by atoms with E-state index in [1.165, 1.54) is 16.7 Å². The van der Waals surface area contributed by atoms with Crippen LogP contribution in [0, 0.1) is 6.92 Å². The molecule has 2 aromatic rings. The fraction of sp³-hybridized carbons (Fsp3) is 0.500. The topological polar surface area (TPSA) is 63.1 Å². The third kappa shape index (κ3) is 3.42. The highest BCUT2D eigenvalue weighted by molar-refractivity contribution is 5.74. The molecule has 6 heteroatoms. The Bertz CT molecular complexity index is 737. The second kappa shape index (κ2) is 7.03. The normalized spacial score (nSPS) is 13.7. The lowest BCUT2D eigenvalue weighted by atomic mass is 9.97. The minimum atomic E-state index is -0.0364. The molecule has 6 nitrogen and oxygen atoms in total. The minimum absolute atomic E-state index is 0.0364. The van der Waals surface area contributed by atoms with Crippen LogP contribution in [0.5, 0.6) is 0 Å². The molecule has 1 aliphatic heterocycles. The molecule has 1 aromatic heterocycles. The van der Waals surface area contributed by atoms with Crippen LogP contribution in [0.4, 0.5) is 4.79 Å². The summed E-state index contributed by atoms with van der Waals surface area (Å²) in [7, 11) is 0. The van der Waals surface area contributed by atoms with Crippen LogP contribution >= 0.6 is 0 Å². The zero-order chi connectivity index (χ0) is 17.1. The lowest BCUT2D eigenvalue weighted by Gasteiger charge is -2.29. The highest BCUT2D eigenvalue weighted by Gasteiger charge is 2.21. The number of nitrogens with one attached hydrogen (secondary N) is 1. The van der Waals surface area contributed by atoms with Gasteiger partial charge in [0.05, 0.1) is 18.8 Å². The van der Waals surface area contributed by atoms with E-state index in [0.717, 1.165) is 37.3 Å². The van der Waals surface area contributed by atoms with E-state index in [2.05, 4.69) is 40.6 Å². The zero-order valence-corrected chi connectivity index (χ0v) is 14.7. The van der Waals surface area contributed by atoms with Crippen molar-refractivity contribution >= 4 is 6.03 Å². The number of amides is 2. The average Bonchev–Trinajstić information content (AvgIpc) is 2.98. The van der Waals surface area contributed by atoms with Gasteiger partial charge in [-0.3, -0.25) is 0 Å². The molecule has 1 N–H and O–H groups in total. The molecule has 3 rings (SSSR count). The minimum Gasteiger partial charge on any atom is -0.332 e. The van der Waals surface area contributed by atoms with Crippen molar-refractivity contribution in [1.82, 2.24) is 25.2 Å². The van der Waals surface area contributed by atoms with E-state index in [9.17, 15) is 4.79 Å². The number of rotatable bonds is 4. The number of carbonyl (C=O) groups excluding carboxylic acids is 1. The smallest absolute Gasteiger partial charge is 0.318 e. The van der Waals surface area contributed by atoms with Crippen molar-refractivity contribution in [2.45, 2.75) is 53.2 Å². The number of hydrogen-bond donors (Lipinski definition) is 1. The first kappa shape index (κ1) is 16.5. The Morgan fingerprint density at radius 1 is 1.25 bits per heavy atom. The van der Waals surface area contributed by atoms with Gasteiger partial charge in [-0.05, 0) is 43.4 Å². The molecule has 0 saturated carbocycles. The van der Waals surface area contributed by atoms with E-state index in [1.807, 2.05) is 18.7 Å². The van der Waals surface area contributed by atoms with Crippen LogP contribution < -0.4 is 5.32 Å². The molecule has 2 amide bonds. The van der Waals surface area contributed by atoms with Gasteiger partial charge in [-0.25, -0.2) is 4.79 Å². The summed E-state index contributed by atoms with van der Waals surface area (Å²) in [4.78, 5) is 16.0. The summed E-state index contributed by atoms with van der Waals surface area (Å²) in [5.41, 5.74) is 5.69. The van der Waals surface area contributed by atoms with Crippen LogP contribution in [0.2, 0.25) is 0 Å². The van der Waals surface area contributed by atoms with Crippen molar-refractivity contribution in [3.05, 3.63) is 46.3 Å². The second-order valence-corrected chi connectivity index (χ2v) is 6.21. The zero-order valence-electron chi connectivity index (χ0n) is 14.7. The van der Waals surface area contributed by atoms with Gasteiger partial charge in [0.2, 0.25) is 0 Å². The Balaban J connectivity index is 1.60. The molecule has 1 aromatic carbocycles. The van der Waals surface area contributed by atoms with Crippen molar-refractivity contribution < 1.29 is 4.79 Å². The third-order valence-corrected chi connectivity index (χ3v) is 4.59. The van der Waals surface area contributed by atoms with Gasteiger partial charge in [0.25, 0.3) is 0 Å². The van der Waals surface area contributed by atoms with Crippen molar-refractivity contribution in [2.24, 2.45) is 0 Å². The molecular weight excluding hydrogens is 302 g/mol. The van der Waals surface area contributed by atoms with Gasteiger partial charge in [-0.15, -0.1) is 0 Å². The van der Waals surface area contributed by atoms with Crippen molar-refractivity contribution in [3.8, 4) is 0 Å². The van der Waals surface area contributed by atoms with E-state index in [-0.39, 0.29) is 6.03 Å². The number of carbonyl (C=O) groups is 1. The monoisotopic (exact) mass is 327 g/mol. The van der Waals surface area contributed by atoms with Gasteiger partial charge in [-0.1, -0.05) is 25.1 Å². The van der Waals surface area contributed by atoms with Crippen LogP contribution in [0.3, 0.4) is 0 Å². The Hall–Kier alpha value is -2.37. The standard InChI is InChI=1S/C18H25N5O/c1-4-14-6-7-16-12-22(9-8-15(16)10-14)18(24)19-11-17-13(3)20-23(5-2)21-17/h6-7,10H,4-5,8-9,11-12H2,1-3H3,(H,19,24). The average molecular weight is 327 g/mol. The van der Waals surface area contributed by atoms with Gasteiger partial charge in [0.15, 0.2) is 0 Å². The van der Waals surface area contributed by atoms with Crippen molar-refractivity contribution in [3.63, 3.8) is 0 Å². The van der Waals surface area contributed by atoms with Gasteiger partial charge in [0.1, 0.15) is 5.69 Å². The fourth-order valence-corrected chi connectivity index (χ4v) is 3.04. The van der Waals surface area contributed by atoms with E-state index in [1.54, 1.807) is 4.80 Å². The number of fused-ring (bicyclic) bond motifs is 1. The Kier molecular flexibility index (Phi) is 4.83. The highest BCUT2D eigenvalue weighted by Crippen LogP contribution is 2.20. The molecule has 0 radical (unpaired) electrons. The molecule has 24 heavy (non-hydrogen) atoms. The molecule has 1 aliphatic rings. The van der Waals surface area contributed by atoms with E-state index in [4.69, 9.17) is 0 Å². The molecular formula is C18H25N5O. The Labute approximate surface area is 142 Å². The molecule has 0 spiro atoms. The maximum atomic E-state index is 12.5. The van der Waals surface area contributed by atoms with E-state index < -0.39 is 0 Å². The Morgan fingerprint density at radius 2 is 2.08 bits per heavy atom.